The molecular weight excluding hydrogens is 484 g/mol. The van der Waals surface area contributed by atoms with Crippen molar-refractivity contribution in [2.75, 3.05) is 19.7 Å². The van der Waals surface area contributed by atoms with E-state index in [4.69, 9.17) is 11.6 Å². The topological polar surface area (TPSA) is 111 Å². The van der Waals surface area contributed by atoms with Crippen LogP contribution in [0, 0.1) is 0 Å². The molecule has 0 fully saturated rings. The Morgan fingerprint density at radius 1 is 1.24 bits per heavy atom. The summed E-state index contributed by atoms with van der Waals surface area (Å²) in [5.41, 5.74) is 1.15. The van der Waals surface area contributed by atoms with E-state index >= 15 is 0 Å². The minimum atomic E-state index is -4.33. The number of hydrogen-bond donors (Lipinski definition) is 2. The standard InChI is InChI=1S/C20H19ClF4N6O3/c1-11(32)26-4-5-28-17(33)16-13-9-31(30-15(13)2-3-27-16)8-12-6-14(21)18(29-7-12)34-10-20(24,25)19(22)23/h2-3,6-7,9,19H,4-5,8,10H2,1H3,(H,26,32)(H,28,33). The van der Waals surface area contributed by atoms with Crippen molar-refractivity contribution >= 4 is 34.3 Å². The minimum absolute atomic E-state index is 0.139. The second kappa shape index (κ2) is 10.6. The normalized spacial score (nSPS) is 11.6. The van der Waals surface area contributed by atoms with Crippen molar-refractivity contribution in [2.45, 2.75) is 25.8 Å². The Balaban J connectivity index is 1.69. The van der Waals surface area contributed by atoms with Gasteiger partial charge in [0, 0.05) is 38.6 Å². The number of aromatic nitrogens is 4. The fraction of sp³-hybridized carbons (Fsp3) is 0.350. The zero-order valence-corrected chi connectivity index (χ0v) is 18.5. The summed E-state index contributed by atoms with van der Waals surface area (Å²) in [5.74, 6) is -5.39. The number of fused-ring (bicyclic) bond motifs is 1. The molecule has 0 bridgehead atoms. The van der Waals surface area contributed by atoms with Gasteiger partial charge in [0.05, 0.1) is 17.4 Å². The third-order valence-corrected chi connectivity index (χ3v) is 4.68. The van der Waals surface area contributed by atoms with Crippen LogP contribution in [0.2, 0.25) is 5.02 Å². The van der Waals surface area contributed by atoms with Crippen molar-refractivity contribution < 1.29 is 31.9 Å². The molecule has 3 aromatic rings. The molecule has 0 aliphatic carbocycles. The molecule has 2 N–H and O–H groups in total. The summed E-state index contributed by atoms with van der Waals surface area (Å²) in [4.78, 5) is 31.3. The molecule has 0 unspecified atom stereocenters. The number of nitrogens with one attached hydrogen (secondary N) is 2. The highest BCUT2D eigenvalue weighted by atomic mass is 35.5. The number of halogens is 5. The maximum atomic E-state index is 13.0. The maximum Gasteiger partial charge on any atom is 0.340 e. The lowest BCUT2D eigenvalue weighted by Crippen LogP contribution is -2.34. The summed E-state index contributed by atoms with van der Waals surface area (Å²) in [6.45, 7) is 0.437. The third kappa shape index (κ3) is 6.31. The molecule has 0 saturated carbocycles. The van der Waals surface area contributed by atoms with Crippen LogP contribution in [-0.2, 0) is 11.3 Å². The van der Waals surface area contributed by atoms with Crippen LogP contribution >= 0.6 is 11.6 Å². The van der Waals surface area contributed by atoms with Crippen LogP contribution in [0.3, 0.4) is 0 Å². The lowest BCUT2D eigenvalue weighted by molar-refractivity contribution is -0.148. The van der Waals surface area contributed by atoms with Crippen LogP contribution in [0.1, 0.15) is 23.0 Å². The molecule has 3 heterocycles. The summed E-state index contributed by atoms with van der Waals surface area (Å²) < 4.78 is 56.7. The quantitative estimate of drug-likeness (QED) is 0.326. The van der Waals surface area contributed by atoms with E-state index in [-0.39, 0.29) is 36.3 Å². The van der Waals surface area contributed by atoms with Gasteiger partial charge in [0.2, 0.25) is 11.8 Å². The van der Waals surface area contributed by atoms with Crippen molar-refractivity contribution in [3.63, 3.8) is 0 Å². The molecule has 0 aliphatic rings. The van der Waals surface area contributed by atoms with Crippen molar-refractivity contribution in [1.82, 2.24) is 30.4 Å². The lowest BCUT2D eigenvalue weighted by atomic mass is 10.2. The van der Waals surface area contributed by atoms with Gasteiger partial charge in [0.25, 0.3) is 5.91 Å². The maximum absolute atomic E-state index is 13.0. The number of carbonyl (C=O) groups is 2. The predicted octanol–water partition coefficient (Wildman–Crippen LogP) is 2.67. The van der Waals surface area contributed by atoms with E-state index in [1.54, 1.807) is 12.3 Å². The van der Waals surface area contributed by atoms with Gasteiger partial charge < -0.3 is 15.4 Å². The number of nitrogens with zero attached hydrogens (tertiary/aromatic N) is 4. The zero-order chi connectivity index (χ0) is 24.9. The van der Waals surface area contributed by atoms with Gasteiger partial charge in [-0.1, -0.05) is 11.6 Å². The van der Waals surface area contributed by atoms with Crippen LogP contribution in [0.5, 0.6) is 5.88 Å². The molecular formula is C20H19ClF4N6O3. The van der Waals surface area contributed by atoms with Gasteiger partial charge in [-0.3, -0.25) is 19.3 Å². The molecule has 34 heavy (non-hydrogen) atoms. The number of amides is 2. The van der Waals surface area contributed by atoms with Crippen molar-refractivity contribution in [2.24, 2.45) is 0 Å². The second-order valence-electron chi connectivity index (χ2n) is 7.14. The van der Waals surface area contributed by atoms with Crippen molar-refractivity contribution in [1.29, 1.82) is 0 Å². The van der Waals surface area contributed by atoms with E-state index < -0.39 is 30.7 Å². The van der Waals surface area contributed by atoms with Crippen LogP contribution in [-0.4, -0.2) is 63.6 Å². The summed E-state index contributed by atoms with van der Waals surface area (Å²) in [5, 5.41) is 9.92. The molecule has 14 heteroatoms. The first-order chi connectivity index (χ1) is 16.1. The molecule has 0 saturated heterocycles. The zero-order valence-electron chi connectivity index (χ0n) is 17.7. The Morgan fingerprint density at radius 3 is 2.65 bits per heavy atom. The van der Waals surface area contributed by atoms with Gasteiger partial charge >= 0.3 is 12.3 Å². The molecule has 0 spiro atoms. The number of hydrogen-bond acceptors (Lipinski definition) is 6. The van der Waals surface area contributed by atoms with Gasteiger partial charge in [0.1, 0.15) is 10.7 Å². The van der Waals surface area contributed by atoms with E-state index in [0.717, 1.165) is 0 Å². The number of ether oxygens (including phenoxy) is 1. The first-order valence-corrected chi connectivity index (χ1v) is 10.2. The molecule has 3 rings (SSSR count). The summed E-state index contributed by atoms with van der Waals surface area (Å²) in [6.07, 6.45) is 0.426. The number of alkyl halides is 4. The fourth-order valence-electron chi connectivity index (χ4n) is 2.83. The first kappa shape index (κ1) is 25.1. The first-order valence-electron chi connectivity index (χ1n) is 9.85. The Morgan fingerprint density at radius 2 is 1.97 bits per heavy atom. The highest BCUT2D eigenvalue weighted by Gasteiger charge is 2.42. The van der Waals surface area contributed by atoms with E-state index in [1.807, 2.05) is 0 Å². The Hall–Kier alpha value is -3.48. The van der Waals surface area contributed by atoms with Crippen LogP contribution < -0.4 is 15.4 Å². The lowest BCUT2D eigenvalue weighted by Gasteiger charge is -2.16. The van der Waals surface area contributed by atoms with E-state index in [2.05, 4.69) is 30.4 Å². The molecule has 182 valence electrons. The van der Waals surface area contributed by atoms with Crippen LogP contribution in [0.25, 0.3) is 10.9 Å². The highest BCUT2D eigenvalue weighted by molar-refractivity contribution is 6.31. The second-order valence-corrected chi connectivity index (χ2v) is 7.55. The van der Waals surface area contributed by atoms with Crippen LogP contribution in [0.15, 0.2) is 30.7 Å². The van der Waals surface area contributed by atoms with Crippen LogP contribution in [0.4, 0.5) is 17.6 Å². The fourth-order valence-corrected chi connectivity index (χ4v) is 3.07. The van der Waals surface area contributed by atoms with Crippen molar-refractivity contribution in [3.8, 4) is 5.88 Å². The van der Waals surface area contributed by atoms with Gasteiger partial charge in [-0.15, -0.1) is 0 Å². The Kier molecular flexibility index (Phi) is 7.87. The Labute approximate surface area is 195 Å². The Bertz CT molecular complexity index is 1190. The molecule has 9 nitrogen and oxygen atoms in total. The molecule has 0 aliphatic heterocycles. The number of carbonyl (C=O) groups excluding carboxylic acids is 2. The largest absolute Gasteiger partial charge is 0.470 e. The van der Waals surface area contributed by atoms with Gasteiger partial charge in [-0.2, -0.15) is 13.9 Å². The molecule has 3 aromatic heterocycles. The molecule has 0 aromatic carbocycles. The average molecular weight is 503 g/mol. The van der Waals surface area contributed by atoms with Gasteiger partial charge in [-0.25, -0.2) is 13.8 Å². The summed E-state index contributed by atoms with van der Waals surface area (Å²) in [7, 11) is 0. The predicted molar refractivity (Wildman–Crippen MR) is 113 cm³/mol. The van der Waals surface area contributed by atoms with E-state index in [1.165, 1.54) is 30.1 Å². The monoisotopic (exact) mass is 502 g/mol. The van der Waals surface area contributed by atoms with E-state index in [9.17, 15) is 27.2 Å². The average Bonchev–Trinajstić information content (AvgIpc) is 3.18. The highest BCUT2D eigenvalue weighted by Crippen LogP contribution is 2.28. The smallest absolute Gasteiger partial charge is 0.340 e. The number of pyridine rings is 2. The summed E-state index contributed by atoms with van der Waals surface area (Å²) in [6, 6.07) is 3.00. The number of rotatable bonds is 10. The van der Waals surface area contributed by atoms with Gasteiger partial charge in [-0.05, 0) is 17.7 Å². The summed E-state index contributed by atoms with van der Waals surface area (Å²) >= 11 is 5.99. The molecule has 2 amide bonds. The van der Waals surface area contributed by atoms with Crippen molar-refractivity contribution in [3.05, 3.63) is 47.0 Å². The van der Waals surface area contributed by atoms with E-state index in [0.29, 0.717) is 16.5 Å². The third-order valence-electron chi connectivity index (χ3n) is 4.41. The SMILES string of the molecule is CC(=O)NCCNC(=O)c1nccc2nn(Cc3cnc(OCC(F)(F)C(F)F)c(Cl)c3)cc12. The van der Waals surface area contributed by atoms with Gasteiger partial charge in [0.15, 0.2) is 6.61 Å². The molecule has 0 atom stereocenters. The minimum Gasteiger partial charge on any atom is -0.470 e. The molecule has 0 radical (unpaired) electrons.